The molecular formula is C20H36N2O5. The lowest BCUT2D eigenvalue weighted by atomic mass is 9.89. The molecule has 7 heteroatoms. The van der Waals surface area contributed by atoms with Crippen LogP contribution in [0, 0.1) is 11.8 Å². The fourth-order valence-corrected chi connectivity index (χ4v) is 3.71. The number of nitrogens with zero attached hydrogens (tertiary/aromatic N) is 1. The average Bonchev–Trinajstić information content (AvgIpc) is 2.64. The van der Waals surface area contributed by atoms with E-state index in [9.17, 15) is 14.7 Å². The molecule has 0 bridgehead atoms. The summed E-state index contributed by atoms with van der Waals surface area (Å²) >= 11 is 0. The zero-order chi connectivity index (χ0) is 19.9. The Hall–Kier alpha value is -1.18. The summed E-state index contributed by atoms with van der Waals surface area (Å²) in [6, 6.07) is 0. The van der Waals surface area contributed by atoms with Gasteiger partial charge in [-0.25, -0.2) is 0 Å². The predicted octanol–water partition coefficient (Wildman–Crippen LogP) is 1.33. The highest BCUT2D eigenvalue weighted by Gasteiger charge is 2.33. The number of aliphatic hydroxyl groups is 1. The van der Waals surface area contributed by atoms with Crippen molar-refractivity contribution < 1.29 is 24.2 Å². The first-order chi connectivity index (χ1) is 12.8. The number of carbonyl (C=O) groups is 2. The number of likely N-dealkylation sites (N-methyl/N-ethyl adjacent to an activating group) is 1. The minimum absolute atomic E-state index is 0.105. The molecule has 3 atom stereocenters. The maximum Gasteiger partial charge on any atom is 0.309 e. The molecule has 2 rings (SSSR count). The van der Waals surface area contributed by atoms with Gasteiger partial charge in [0, 0.05) is 26.3 Å². The number of nitrogens with one attached hydrogen (secondary N) is 1. The van der Waals surface area contributed by atoms with Gasteiger partial charge in [0.1, 0.15) is 6.10 Å². The topological polar surface area (TPSA) is 88.1 Å². The third-order valence-corrected chi connectivity index (χ3v) is 5.81. The molecule has 7 nitrogen and oxygen atoms in total. The van der Waals surface area contributed by atoms with Gasteiger partial charge in [0.05, 0.1) is 17.4 Å². The van der Waals surface area contributed by atoms with Crippen molar-refractivity contribution in [2.24, 2.45) is 11.8 Å². The maximum atomic E-state index is 12.6. The molecule has 0 radical (unpaired) electrons. The molecule has 0 aromatic rings. The van der Waals surface area contributed by atoms with Gasteiger partial charge in [-0.15, -0.1) is 0 Å². The first-order valence-corrected chi connectivity index (χ1v) is 10.3. The van der Waals surface area contributed by atoms with Crippen LogP contribution in [0.15, 0.2) is 0 Å². The zero-order valence-electron chi connectivity index (χ0n) is 17.0. The fourth-order valence-electron chi connectivity index (χ4n) is 3.71. The van der Waals surface area contributed by atoms with Gasteiger partial charge in [-0.3, -0.25) is 9.59 Å². The largest absolute Gasteiger partial charge is 0.461 e. The van der Waals surface area contributed by atoms with Crippen LogP contribution in [0.3, 0.4) is 0 Å². The van der Waals surface area contributed by atoms with Gasteiger partial charge in [-0.2, -0.15) is 0 Å². The predicted molar refractivity (Wildman–Crippen MR) is 102 cm³/mol. The summed E-state index contributed by atoms with van der Waals surface area (Å²) in [6.45, 7) is 6.98. The standard InChI is InChI=1S/C20H36N2O5/c1-15-17(27-19(24)16-6-13-26-14-7-16)5-9-20(2,25)8-4-11-22(3)12-10-21-18(15)23/h15-17,25H,4-14H2,1-3H3,(H,21,23)/t15?,17-,20+/m0/s1. The molecule has 2 aliphatic heterocycles. The zero-order valence-corrected chi connectivity index (χ0v) is 17.0. The molecule has 2 N–H and O–H groups in total. The highest BCUT2D eigenvalue weighted by atomic mass is 16.5. The van der Waals surface area contributed by atoms with Gasteiger partial charge < -0.3 is 24.8 Å². The molecule has 1 unspecified atom stereocenters. The van der Waals surface area contributed by atoms with Crippen LogP contribution in [0.1, 0.15) is 52.4 Å². The van der Waals surface area contributed by atoms with E-state index in [2.05, 4.69) is 10.2 Å². The summed E-state index contributed by atoms with van der Waals surface area (Å²) in [7, 11) is 2.02. The Labute approximate surface area is 162 Å². The highest BCUT2D eigenvalue weighted by molar-refractivity contribution is 5.79. The monoisotopic (exact) mass is 384 g/mol. The van der Waals surface area contributed by atoms with Crippen LogP contribution in [0.2, 0.25) is 0 Å². The van der Waals surface area contributed by atoms with Gasteiger partial charge in [0.25, 0.3) is 0 Å². The van der Waals surface area contributed by atoms with Crippen molar-refractivity contribution in [3.63, 3.8) is 0 Å². The second-order valence-corrected chi connectivity index (χ2v) is 8.38. The molecule has 2 saturated heterocycles. The van der Waals surface area contributed by atoms with Gasteiger partial charge in [0.15, 0.2) is 0 Å². The molecule has 0 aromatic carbocycles. The van der Waals surface area contributed by atoms with Crippen molar-refractivity contribution in [1.29, 1.82) is 0 Å². The Bertz CT molecular complexity index is 491. The van der Waals surface area contributed by atoms with Gasteiger partial charge in [0.2, 0.25) is 5.91 Å². The van der Waals surface area contributed by atoms with Crippen LogP contribution in [-0.4, -0.2) is 73.5 Å². The van der Waals surface area contributed by atoms with Crippen molar-refractivity contribution in [3.05, 3.63) is 0 Å². The van der Waals surface area contributed by atoms with Crippen molar-refractivity contribution in [1.82, 2.24) is 10.2 Å². The Kier molecular flexibility index (Phi) is 8.51. The minimum Gasteiger partial charge on any atom is -0.461 e. The number of amides is 1. The van der Waals surface area contributed by atoms with Crippen molar-refractivity contribution in [3.8, 4) is 0 Å². The summed E-state index contributed by atoms with van der Waals surface area (Å²) < 4.78 is 11.1. The average molecular weight is 385 g/mol. The lowest BCUT2D eigenvalue weighted by Crippen LogP contribution is -2.42. The number of ether oxygens (including phenoxy) is 2. The first kappa shape index (κ1) is 22.1. The second-order valence-electron chi connectivity index (χ2n) is 8.38. The quantitative estimate of drug-likeness (QED) is 0.699. The second kappa shape index (κ2) is 10.4. The smallest absolute Gasteiger partial charge is 0.309 e. The Balaban J connectivity index is 2.05. The SMILES string of the molecule is CC1C(=O)NCCN(C)CCC[C@@](C)(O)CC[C@@H]1OC(=O)C1CCOCC1. The summed E-state index contributed by atoms with van der Waals surface area (Å²) in [5, 5.41) is 13.6. The Morgan fingerprint density at radius 2 is 1.96 bits per heavy atom. The lowest BCUT2D eigenvalue weighted by molar-refractivity contribution is -0.162. The van der Waals surface area contributed by atoms with E-state index in [1.165, 1.54) is 0 Å². The van der Waals surface area contributed by atoms with Crippen molar-refractivity contribution in [2.75, 3.05) is 39.9 Å². The molecule has 2 aliphatic rings. The van der Waals surface area contributed by atoms with E-state index >= 15 is 0 Å². The third kappa shape index (κ3) is 7.39. The van der Waals surface area contributed by atoms with Crippen LogP contribution in [0.5, 0.6) is 0 Å². The molecule has 27 heavy (non-hydrogen) atoms. The number of rotatable bonds is 2. The molecule has 0 saturated carbocycles. The van der Waals surface area contributed by atoms with Crippen molar-refractivity contribution >= 4 is 11.9 Å². The number of esters is 1. The summed E-state index contributed by atoms with van der Waals surface area (Å²) in [4.78, 5) is 27.3. The summed E-state index contributed by atoms with van der Waals surface area (Å²) in [5.41, 5.74) is -0.825. The third-order valence-electron chi connectivity index (χ3n) is 5.81. The van der Waals surface area contributed by atoms with E-state index in [1.807, 2.05) is 14.0 Å². The molecule has 156 valence electrons. The molecule has 2 fully saturated rings. The molecule has 0 aromatic heterocycles. The number of hydrogen-bond donors (Lipinski definition) is 2. The summed E-state index contributed by atoms with van der Waals surface area (Å²) in [5.74, 6) is -0.956. The van der Waals surface area contributed by atoms with E-state index in [1.54, 1.807) is 6.92 Å². The van der Waals surface area contributed by atoms with Crippen LogP contribution in [-0.2, 0) is 19.1 Å². The Morgan fingerprint density at radius 1 is 1.26 bits per heavy atom. The minimum atomic E-state index is -0.825. The van der Waals surface area contributed by atoms with Crippen LogP contribution in [0.4, 0.5) is 0 Å². The normalized spacial score (nSPS) is 33.3. The van der Waals surface area contributed by atoms with Gasteiger partial charge in [-0.05, 0) is 59.0 Å². The van der Waals surface area contributed by atoms with E-state index in [0.29, 0.717) is 51.9 Å². The molecule has 0 spiro atoms. The van der Waals surface area contributed by atoms with Crippen LogP contribution < -0.4 is 5.32 Å². The molecule has 0 aliphatic carbocycles. The molecule has 2 heterocycles. The van der Waals surface area contributed by atoms with E-state index in [0.717, 1.165) is 19.5 Å². The Morgan fingerprint density at radius 3 is 2.67 bits per heavy atom. The highest BCUT2D eigenvalue weighted by Crippen LogP contribution is 2.26. The number of hydrogen-bond acceptors (Lipinski definition) is 6. The lowest BCUT2D eigenvalue weighted by Gasteiger charge is -2.30. The van der Waals surface area contributed by atoms with E-state index in [-0.39, 0.29) is 17.8 Å². The van der Waals surface area contributed by atoms with E-state index in [4.69, 9.17) is 9.47 Å². The fraction of sp³-hybridized carbons (Fsp3) is 0.900. The first-order valence-electron chi connectivity index (χ1n) is 10.3. The van der Waals surface area contributed by atoms with Crippen LogP contribution in [0.25, 0.3) is 0 Å². The van der Waals surface area contributed by atoms with Crippen LogP contribution >= 0.6 is 0 Å². The van der Waals surface area contributed by atoms with Gasteiger partial charge >= 0.3 is 5.97 Å². The maximum absolute atomic E-state index is 12.6. The number of carbonyl (C=O) groups excluding carboxylic acids is 2. The molecule has 1 amide bonds. The van der Waals surface area contributed by atoms with Crippen molar-refractivity contribution in [2.45, 2.75) is 64.1 Å². The summed E-state index contributed by atoms with van der Waals surface area (Å²) in [6.07, 6.45) is 3.36. The van der Waals surface area contributed by atoms with E-state index < -0.39 is 17.6 Å². The van der Waals surface area contributed by atoms with Gasteiger partial charge in [-0.1, -0.05) is 6.92 Å². The molecular weight excluding hydrogens is 348 g/mol.